The Labute approximate surface area is 132 Å². The summed E-state index contributed by atoms with van der Waals surface area (Å²) in [5.74, 6) is -0.103. The molecule has 1 N–H and O–H groups in total. The Bertz CT molecular complexity index is 665. The highest BCUT2D eigenvalue weighted by Crippen LogP contribution is 2.26. The quantitative estimate of drug-likeness (QED) is 0.918. The molecule has 2 heterocycles. The molecule has 2 aromatic rings. The third-order valence-corrected chi connectivity index (χ3v) is 4.96. The minimum Gasteiger partial charge on any atom is -0.395 e. The number of hydrogen-bond donors (Lipinski definition) is 1. The second-order valence-corrected chi connectivity index (χ2v) is 6.52. The number of nitrogens with zero attached hydrogens (tertiary/aromatic N) is 2. The van der Waals surface area contributed by atoms with Crippen molar-refractivity contribution < 1.29 is 14.7 Å². The normalized spacial score (nSPS) is 15.6. The molecule has 0 unspecified atom stereocenters. The predicted octanol–water partition coefficient (Wildman–Crippen LogP) is 1.11. The van der Waals surface area contributed by atoms with Gasteiger partial charge in [0.1, 0.15) is 0 Å². The van der Waals surface area contributed by atoms with Gasteiger partial charge in [-0.25, -0.2) is 0 Å². The van der Waals surface area contributed by atoms with Crippen molar-refractivity contribution in [2.24, 2.45) is 0 Å². The Hall–Kier alpha value is -1.92. The van der Waals surface area contributed by atoms with Gasteiger partial charge < -0.3 is 14.9 Å². The van der Waals surface area contributed by atoms with Gasteiger partial charge >= 0.3 is 0 Å². The van der Waals surface area contributed by atoms with Gasteiger partial charge in [-0.1, -0.05) is 18.2 Å². The van der Waals surface area contributed by atoms with E-state index in [0.717, 1.165) is 10.3 Å². The van der Waals surface area contributed by atoms with Crippen LogP contribution in [0, 0.1) is 0 Å². The molecule has 22 heavy (non-hydrogen) atoms. The molecular weight excluding hydrogens is 300 g/mol. The predicted molar refractivity (Wildman–Crippen MR) is 85.8 cm³/mol. The Morgan fingerprint density at radius 3 is 2.82 bits per heavy atom. The van der Waals surface area contributed by atoms with Gasteiger partial charge in [0.2, 0.25) is 11.8 Å². The highest BCUT2D eigenvalue weighted by atomic mass is 32.1. The molecular formula is C16H18N2O3S. The van der Waals surface area contributed by atoms with Crippen molar-refractivity contribution in [3.05, 3.63) is 35.2 Å². The van der Waals surface area contributed by atoms with Crippen LogP contribution in [0.4, 0.5) is 0 Å². The summed E-state index contributed by atoms with van der Waals surface area (Å²) in [4.78, 5) is 28.5. The summed E-state index contributed by atoms with van der Waals surface area (Å²) in [6, 6.07) is 10.1. The Morgan fingerprint density at radius 2 is 2.09 bits per heavy atom. The summed E-state index contributed by atoms with van der Waals surface area (Å²) in [5.41, 5.74) is 0. The topological polar surface area (TPSA) is 60.9 Å². The van der Waals surface area contributed by atoms with Crippen LogP contribution in [-0.4, -0.2) is 59.5 Å². The van der Waals surface area contributed by atoms with E-state index in [9.17, 15) is 9.59 Å². The minimum atomic E-state index is -0.0926. The number of benzene rings is 1. The first-order chi connectivity index (χ1) is 10.7. The van der Waals surface area contributed by atoms with Crippen LogP contribution in [0.1, 0.15) is 4.88 Å². The van der Waals surface area contributed by atoms with Gasteiger partial charge in [0.05, 0.1) is 19.6 Å². The number of aliphatic hydroxyl groups is 1. The number of carbonyl (C=O) groups excluding carboxylic acids is 2. The summed E-state index contributed by atoms with van der Waals surface area (Å²) in [7, 11) is 0. The van der Waals surface area contributed by atoms with E-state index in [-0.39, 0.29) is 25.0 Å². The minimum absolute atomic E-state index is 0.0106. The molecule has 1 aromatic heterocycles. The van der Waals surface area contributed by atoms with Crippen molar-refractivity contribution in [1.29, 1.82) is 0 Å². The molecule has 2 amide bonds. The number of β-amino-alcohol motifs (C(OH)–C–C–N with tert-alkyl or cyclic N) is 1. The van der Waals surface area contributed by atoms with Crippen LogP contribution >= 0.6 is 11.3 Å². The first-order valence-corrected chi connectivity index (χ1v) is 8.13. The molecule has 0 saturated carbocycles. The van der Waals surface area contributed by atoms with E-state index in [4.69, 9.17) is 5.11 Å². The van der Waals surface area contributed by atoms with Crippen molar-refractivity contribution in [3.8, 4) is 0 Å². The first kappa shape index (κ1) is 15.0. The fourth-order valence-corrected chi connectivity index (χ4v) is 3.72. The summed E-state index contributed by atoms with van der Waals surface area (Å²) < 4.78 is 1.18. The number of hydrogen-bond acceptors (Lipinski definition) is 4. The van der Waals surface area contributed by atoms with Gasteiger partial charge in [-0.05, 0) is 17.5 Å². The average molecular weight is 318 g/mol. The van der Waals surface area contributed by atoms with Crippen molar-refractivity contribution in [2.45, 2.75) is 6.42 Å². The number of rotatable bonds is 4. The van der Waals surface area contributed by atoms with Crippen molar-refractivity contribution >= 4 is 33.2 Å². The number of piperazine rings is 1. The highest BCUT2D eigenvalue weighted by Gasteiger charge is 2.26. The van der Waals surface area contributed by atoms with Crippen molar-refractivity contribution in [2.75, 3.05) is 32.8 Å². The number of amides is 2. The standard InChI is InChI=1S/C16H18N2O3S/c19-8-7-17-5-6-18(11-16(17)21)15(20)10-13-9-12-3-1-2-4-14(12)22-13/h1-4,9,19H,5-8,10-11H2. The van der Waals surface area contributed by atoms with E-state index < -0.39 is 0 Å². The summed E-state index contributed by atoms with van der Waals surface area (Å²) in [6.45, 7) is 1.45. The van der Waals surface area contributed by atoms with Crippen LogP contribution in [0.15, 0.2) is 30.3 Å². The fourth-order valence-electron chi connectivity index (χ4n) is 2.66. The number of thiophene rings is 1. The zero-order valence-corrected chi connectivity index (χ0v) is 13.0. The number of aliphatic hydroxyl groups excluding tert-OH is 1. The van der Waals surface area contributed by atoms with Gasteiger partial charge in [0, 0.05) is 29.2 Å². The number of carbonyl (C=O) groups is 2. The molecule has 1 aromatic carbocycles. The van der Waals surface area contributed by atoms with Gasteiger partial charge in [-0.3, -0.25) is 9.59 Å². The molecule has 116 valence electrons. The third-order valence-electron chi connectivity index (χ3n) is 3.84. The monoisotopic (exact) mass is 318 g/mol. The largest absolute Gasteiger partial charge is 0.395 e. The van der Waals surface area contributed by atoms with Crippen LogP contribution in [-0.2, 0) is 16.0 Å². The molecule has 1 aliphatic heterocycles. The molecule has 1 aliphatic rings. The van der Waals surface area contributed by atoms with Gasteiger partial charge in [0.25, 0.3) is 0 Å². The first-order valence-electron chi connectivity index (χ1n) is 7.31. The summed E-state index contributed by atoms with van der Waals surface area (Å²) in [5, 5.41) is 10.1. The zero-order valence-electron chi connectivity index (χ0n) is 12.2. The lowest BCUT2D eigenvalue weighted by Gasteiger charge is -2.34. The van der Waals surface area contributed by atoms with E-state index >= 15 is 0 Å². The highest BCUT2D eigenvalue weighted by molar-refractivity contribution is 7.19. The van der Waals surface area contributed by atoms with Gasteiger partial charge in [0.15, 0.2) is 0 Å². The second-order valence-electron chi connectivity index (χ2n) is 5.35. The molecule has 3 rings (SSSR count). The molecule has 5 nitrogen and oxygen atoms in total. The lowest BCUT2D eigenvalue weighted by Crippen LogP contribution is -2.53. The third kappa shape index (κ3) is 3.13. The van der Waals surface area contributed by atoms with Crippen LogP contribution in [0.2, 0.25) is 0 Å². The number of fused-ring (bicyclic) bond motifs is 1. The SMILES string of the molecule is O=C1CN(C(=O)Cc2cc3ccccc3s2)CCN1CCO. The summed E-state index contributed by atoms with van der Waals surface area (Å²) >= 11 is 1.62. The second kappa shape index (κ2) is 6.46. The molecule has 0 spiro atoms. The molecule has 1 saturated heterocycles. The summed E-state index contributed by atoms with van der Waals surface area (Å²) in [6.07, 6.45) is 0.340. The lowest BCUT2D eigenvalue weighted by atomic mass is 10.2. The molecule has 0 atom stereocenters. The fraction of sp³-hybridized carbons (Fsp3) is 0.375. The molecule has 0 bridgehead atoms. The average Bonchev–Trinajstić information content (AvgIpc) is 2.91. The molecule has 1 fully saturated rings. The molecule has 0 aliphatic carbocycles. The maximum absolute atomic E-state index is 12.4. The lowest BCUT2D eigenvalue weighted by molar-refractivity contribution is -0.145. The Morgan fingerprint density at radius 1 is 1.27 bits per heavy atom. The van der Waals surface area contributed by atoms with E-state index in [1.807, 2.05) is 30.3 Å². The Kier molecular flexibility index (Phi) is 4.40. The smallest absolute Gasteiger partial charge is 0.242 e. The maximum Gasteiger partial charge on any atom is 0.242 e. The Balaban J connectivity index is 1.63. The van der Waals surface area contributed by atoms with Crippen LogP contribution in [0.3, 0.4) is 0 Å². The maximum atomic E-state index is 12.4. The van der Waals surface area contributed by atoms with Crippen LogP contribution in [0.5, 0.6) is 0 Å². The van der Waals surface area contributed by atoms with Gasteiger partial charge in [-0.2, -0.15) is 0 Å². The van der Waals surface area contributed by atoms with Crippen LogP contribution < -0.4 is 0 Å². The molecule has 6 heteroatoms. The van der Waals surface area contributed by atoms with E-state index in [1.54, 1.807) is 21.1 Å². The molecule has 0 radical (unpaired) electrons. The zero-order chi connectivity index (χ0) is 15.5. The van der Waals surface area contributed by atoms with Gasteiger partial charge in [-0.15, -0.1) is 11.3 Å². The van der Waals surface area contributed by atoms with Crippen molar-refractivity contribution in [1.82, 2.24) is 9.80 Å². The van der Waals surface area contributed by atoms with Crippen LogP contribution in [0.25, 0.3) is 10.1 Å². The van der Waals surface area contributed by atoms with Crippen molar-refractivity contribution in [3.63, 3.8) is 0 Å². The van der Waals surface area contributed by atoms with E-state index in [1.165, 1.54) is 4.70 Å². The van der Waals surface area contributed by atoms with E-state index in [2.05, 4.69) is 0 Å². The van der Waals surface area contributed by atoms with E-state index in [0.29, 0.717) is 26.1 Å².